The number of anilines is 3. The van der Waals surface area contributed by atoms with Gasteiger partial charge in [-0.2, -0.15) is 4.98 Å². The molecule has 0 radical (unpaired) electrons. The number of benzene rings is 1. The average molecular weight is 288 g/mol. The van der Waals surface area contributed by atoms with Gasteiger partial charge in [0.05, 0.1) is 4.92 Å². The molecule has 0 saturated carbocycles. The third kappa shape index (κ3) is 2.90. The van der Waals surface area contributed by atoms with Gasteiger partial charge in [0, 0.05) is 5.69 Å². The Kier molecular flexibility index (Phi) is 3.99. The van der Waals surface area contributed by atoms with Gasteiger partial charge in [-0.05, 0) is 38.0 Å². The summed E-state index contributed by atoms with van der Waals surface area (Å²) < 4.78 is 0. The lowest BCUT2D eigenvalue weighted by atomic mass is 10.1. The highest BCUT2D eigenvalue weighted by Crippen LogP contribution is 2.30. The molecule has 1 aromatic heterocycles. The van der Waals surface area contributed by atoms with Crippen molar-refractivity contribution in [3.05, 3.63) is 45.1 Å². The van der Waals surface area contributed by atoms with Gasteiger partial charge in [0.1, 0.15) is 5.69 Å². The van der Waals surface area contributed by atoms with Crippen LogP contribution in [0.5, 0.6) is 0 Å². The van der Waals surface area contributed by atoms with E-state index in [1.807, 2.05) is 32.0 Å². The third-order valence-corrected chi connectivity index (χ3v) is 3.23. The van der Waals surface area contributed by atoms with Crippen LogP contribution >= 0.6 is 0 Å². The van der Waals surface area contributed by atoms with Gasteiger partial charge in [-0.15, -0.1) is 0 Å². The van der Waals surface area contributed by atoms with Crippen LogP contribution in [-0.4, -0.2) is 14.9 Å². The van der Waals surface area contributed by atoms with E-state index in [0.29, 0.717) is 0 Å². The Morgan fingerprint density at radius 3 is 2.57 bits per heavy atom. The Morgan fingerprint density at radius 1 is 1.24 bits per heavy atom. The van der Waals surface area contributed by atoms with Gasteiger partial charge >= 0.3 is 5.69 Å². The number of nitrogens with two attached hydrogens (primary N) is 1. The first kappa shape index (κ1) is 14.7. The highest BCUT2D eigenvalue weighted by Gasteiger charge is 2.22. The van der Waals surface area contributed by atoms with Gasteiger partial charge in [0.25, 0.3) is 0 Å². The molecule has 2 aromatic rings. The molecule has 110 valence electrons. The summed E-state index contributed by atoms with van der Waals surface area (Å²) >= 11 is 0. The van der Waals surface area contributed by atoms with Crippen molar-refractivity contribution in [3.63, 3.8) is 0 Å². The predicted octanol–water partition coefficient (Wildman–Crippen LogP) is 2.34. The number of hydrazine groups is 1. The molecule has 0 bridgehead atoms. The normalized spacial score (nSPS) is 10.3. The van der Waals surface area contributed by atoms with Crippen molar-refractivity contribution in [2.24, 2.45) is 5.84 Å². The van der Waals surface area contributed by atoms with Crippen LogP contribution in [0.25, 0.3) is 0 Å². The summed E-state index contributed by atoms with van der Waals surface area (Å²) in [4.78, 5) is 18.7. The smallest absolute Gasteiger partial charge is 0.332 e. The Morgan fingerprint density at radius 2 is 1.95 bits per heavy atom. The second-order valence-electron chi connectivity index (χ2n) is 4.60. The lowest BCUT2D eigenvalue weighted by Crippen LogP contribution is -2.13. The maximum absolute atomic E-state index is 11.2. The highest BCUT2D eigenvalue weighted by molar-refractivity contribution is 5.70. The van der Waals surface area contributed by atoms with Crippen LogP contribution in [0, 0.1) is 30.9 Å². The molecule has 0 amide bonds. The van der Waals surface area contributed by atoms with Crippen molar-refractivity contribution < 1.29 is 4.92 Å². The van der Waals surface area contributed by atoms with Crippen molar-refractivity contribution in [2.45, 2.75) is 20.8 Å². The van der Waals surface area contributed by atoms with Crippen molar-refractivity contribution in [2.75, 3.05) is 10.7 Å². The van der Waals surface area contributed by atoms with Crippen LogP contribution in [0.1, 0.15) is 16.8 Å². The Balaban J connectivity index is 2.54. The molecule has 2 rings (SSSR count). The van der Waals surface area contributed by atoms with E-state index in [4.69, 9.17) is 5.84 Å². The Hall–Kier alpha value is -2.74. The first-order chi connectivity index (χ1) is 9.93. The zero-order valence-electron chi connectivity index (χ0n) is 12.0. The van der Waals surface area contributed by atoms with Crippen molar-refractivity contribution in [1.29, 1.82) is 0 Å². The molecule has 4 N–H and O–H groups in total. The standard InChI is InChI=1S/C13H16N6O2/c1-7-5-4-6-10(8(7)2)16-12-11(19(20)21)9(3)15-13(17-12)18-14/h4-6H,14H2,1-3H3,(H2,15,16,17,18). The second kappa shape index (κ2) is 5.71. The minimum atomic E-state index is -0.511. The minimum absolute atomic E-state index is 0.106. The summed E-state index contributed by atoms with van der Waals surface area (Å²) in [5, 5.41) is 14.2. The molecule has 0 aliphatic heterocycles. The third-order valence-electron chi connectivity index (χ3n) is 3.23. The minimum Gasteiger partial charge on any atom is -0.334 e. The maximum atomic E-state index is 11.2. The first-order valence-electron chi connectivity index (χ1n) is 6.27. The number of hydrogen-bond donors (Lipinski definition) is 3. The Labute approximate surface area is 121 Å². The lowest BCUT2D eigenvalue weighted by molar-refractivity contribution is -0.385. The molecular formula is C13H16N6O2. The zero-order valence-corrected chi connectivity index (χ0v) is 12.0. The SMILES string of the molecule is Cc1cccc(Nc2nc(NN)nc(C)c2[N+](=O)[O-])c1C. The monoisotopic (exact) mass is 288 g/mol. The van der Waals surface area contributed by atoms with Crippen molar-refractivity contribution in [1.82, 2.24) is 9.97 Å². The quantitative estimate of drug-likeness (QED) is 0.448. The molecule has 8 nitrogen and oxygen atoms in total. The fourth-order valence-electron chi connectivity index (χ4n) is 1.95. The largest absolute Gasteiger partial charge is 0.334 e. The molecule has 1 aromatic carbocycles. The number of rotatable bonds is 4. The van der Waals surface area contributed by atoms with Crippen LogP contribution < -0.4 is 16.6 Å². The summed E-state index contributed by atoms with van der Waals surface area (Å²) in [6.45, 7) is 5.43. The van der Waals surface area contributed by atoms with E-state index in [-0.39, 0.29) is 23.1 Å². The predicted molar refractivity (Wildman–Crippen MR) is 80.4 cm³/mol. The molecule has 0 saturated heterocycles. The lowest BCUT2D eigenvalue weighted by Gasteiger charge is -2.12. The van der Waals surface area contributed by atoms with E-state index in [2.05, 4.69) is 20.7 Å². The fraction of sp³-hybridized carbons (Fsp3) is 0.231. The van der Waals surface area contributed by atoms with Crippen molar-refractivity contribution >= 4 is 23.1 Å². The number of aromatic nitrogens is 2. The molecule has 8 heteroatoms. The van der Waals surface area contributed by atoms with Crippen LogP contribution in [0.3, 0.4) is 0 Å². The van der Waals surface area contributed by atoms with Crippen LogP contribution in [-0.2, 0) is 0 Å². The highest BCUT2D eigenvalue weighted by atomic mass is 16.6. The topological polar surface area (TPSA) is 119 Å². The number of nitrogens with zero attached hydrogens (tertiary/aromatic N) is 3. The number of nitro groups is 1. The molecule has 0 fully saturated rings. The zero-order chi connectivity index (χ0) is 15.6. The molecule has 0 spiro atoms. The van der Waals surface area contributed by atoms with Gasteiger partial charge in [-0.25, -0.2) is 10.8 Å². The van der Waals surface area contributed by atoms with E-state index >= 15 is 0 Å². The summed E-state index contributed by atoms with van der Waals surface area (Å²) in [5.41, 5.74) is 5.18. The van der Waals surface area contributed by atoms with E-state index < -0.39 is 4.92 Å². The van der Waals surface area contributed by atoms with Gasteiger partial charge in [0.15, 0.2) is 0 Å². The van der Waals surface area contributed by atoms with Crippen molar-refractivity contribution in [3.8, 4) is 0 Å². The second-order valence-corrected chi connectivity index (χ2v) is 4.60. The number of aryl methyl sites for hydroxylation is 2. The average Bonchev–Trinajstić information content (AvgIpc) is 2.42. The molecule has 0 aliphatic carbocycles. The van der Waals surface area contributed by atoms with Crippen LogP contribution in [0.4, 0.5) is 23.1 Å². The molecule has 0 aliphatic rings. The molecule has 0 atom stereocenters. The van der Waals surface area contributed by atoms with Gasteiger partial charge in [-0.3, -0.25) is 15.5 Å². The van der Waals surface area contributed by atoms with E-state index in [1.165, 1.54) is 6.92 Å². The van der Waals surface area contributed by atoms with E-state index in [9.17, 15) is 10.1 Å². The summed E-state index contributed by atoms with van der Waals surface area (Å²) in [6.07, 6.45) is 0. The molecular weight excluding hydrogens is 272 g/mol. The van der Waals surface area contributed by atoms with E-state index in [1.54, 1.807) is 0 Å². The number of hydrogen-bond acceptors (Lipinski definition) is 7. The Bertz CT molecular complexity index is 701. The first-order valence-corrected chi connectivity index (χ1v) is 6.27. The molecule has 0 unspecified atom stereocenters. The number of nitrogen functional groups attached to an aromatic ring is 1. The van der Waals surface area contributed by atoms with Gasteiger partial charge in [0.2, 0.25) is 11.8 Å². The van der Waals surface area contributed by atoms with Crippen LogP contribution in [0.2, 0.25) is 0 Å². The van der Waals surface area contributed by atoms with Gasteiger partial charge < -0.3 is 5.32 Å². The number of nitrogens with one attached hydrogen (secondary N) is 2. The maximum Gasteiger partial charge on any atom is 0.332 e. The molecule has 21 heavy (non-hydrogen) atoms. The van der Waals surface area contributed by atoms with Gasteiger partial charge in [-0.1, -0.05) is 12.1 Å². The summed E-state index contributed by atoms with van der Waals surface area (Å²) in [7, 11) is 0. The van der Waals surface area contributed by atoms with Crippen LogP contribution in [0.15, 0.2) is 18.2 Å². The van der Waals surface area contributed by atoms with E-state index in [0.717, 1.165) is 16.8 Å². The summed E-state index contributed by atoms with van der Waals surface area (Å²) in [6, 6.07) is 5.67. The summed E-state index contributed by atoms with van der Waals surface area (Å²) in [5.74, 6) is 5.51. The molecule has 1 heterocycles. The fourth-order valence-corrected chi connectivity index (χ4v) is 1.95.